The van der Waals surface area contributed by atoms with Crippen LogP contribution in [0.4, 0.5) is 0 Å². The van der Waals surface area contributed by atoms with Crippen molar-refractivity contribution in [2.75, 3.05) is 27.2 Å². The predicted octanol–water partition coefficient (Wildman–Crippen LogP) is 4.08. The molecule has 0 amide bonds. The van der Waals surface area contributed by atoms with E-state index in [2.05, 4.69) is 23.6 Å². The van der Waals surface area contributed by atoms with Gasteiger partial charge in [-0.1, -0.05) is 38.5 Å². The summed E-state index contributed by atoms with van der Waals surface area (Å²) in [5.74, 6) is 0. The van der Waals surface area contributed by atoms with Crippen LogP contribution in [0.2, 0.25) is 0 Å². The highest BCUT2D eigenvalue weighted by Crippen LogP contribution is 2.57. The molecule has 20 heavy (non-hydrogen) atoms. The summed E-state index contributed by atoms with van der Waals surface area (Å²) >= 11 is 0. The monoisotopic (exact) mass is 295 g/mol. The van der Waals surface area contributed by atoms with Crippen LogP contribution in [-0.2, 0) is 0 Å². The average Bonchev–Trinajstić information content (AvgIpc) is 2.82. The summed E-state index contributed by atoms with van der Waals surface area (Å²) in [5.41, 5.74) is 3.85. The molecule has 0 unspecified atom stereocenters. The Balaban J connectivity index is 1.83. The molecule has 0 saturated heterocycles. The van der Waals surface area contributed by atoms with Crippen LogP contribution in [-0.4, -0.2) is 53.6 Å². The van der Waals surface area contributed by atoms with Crippen molar-refractivity contribution >= 4 is 13.5 Å². The third-order valence-electron chi connectivity index (χ3n) is 5.62. The molecule has 0 radical (unpaired) electrons. The average molecular weight is 295 g/mol. The lowest BCUT2D eigenvalue weighted by atomic mass is 9.99. The van der Waals surface area contributed by atoms with E-state index >= 15 is 0 Å². The standard InChI is InChI=1S/C17H32N2P/c1-18-13-14-19(2)17(18)20(15-9-5-3-6-10-15)16-11-7-4-8-12-16/h15-16H,3-14H2,1-2H3/q+1. The van der Waals surface area contributed by atoms with Gasteiger partial charge in [0.05, 0.1) is 14.1 Å². The molecule has 1 heterocycles. The normalized spacial score (nSPS) is 26.9. The Bertz CT molecular complexity index is 336. The van der Waals surface area contributed by atoms with Gasteiger partial charge in [0.1, 0.15) is 13.1 Å². The molecule has 2 aliphatic carbocycles. The Labute approximate surface area is 126 Å². The van der Waals surface area contributed by atoms with Crippen molar-refractivity contribution in [3.8, 4) is 0 Å². The minimum absolute atomic E-state index is 0.0917. The van der Waals surface area contributed by atoms with Crippen molar-refractivity contribution < 1.29 is 4.58 Å². The molecular weight excluding hydrogens is 263 g/mol. The van der Waals surface area contributed by atoms with E-state index in [-0.39, 0.29) is 7.92 Å². The maximum Gasteiger partial charge on any atom is 0.267 e. The highest BCUT2D eigenvalue weighted by molar-refractivity contribution is 7.75. The molecule has 0 bridgehead atoms. The zero-order valence-corrected chi connectivity index (χ0v) is 14.4. The maximum absolute atomic E-state index is 2.61. The van der Waals surface area contributed by atoms with Crippen LogP contribution in [0, 0.1) is 0 Å². The Hall–Kier alpha value is -0.100. The molecule has 0 atom stereocenters. The van der Waals surface area contributed by atoms with Gasteiger partial charge in [0.2, 0.25) is 0 Å². The molecule has 0 aromatic rings. The second-order valence-corrected chi connectivity index (χ2v) is 9.81. The molecule has 2 saturated carbocycles. The fraction of sp³-hybridized carbons (Fsp3) is 0.941. The molecule has 3 rings (SSSR count). The second-order valence-electron chi connectivity index (χ2n) is 7.13. The first-order valence-corrected chi connectivity index (χ1v) is 10.3. The van der Waals surface area contributed by atoms with Crippen molar-refractivity contribution in [2.24, 2.45) is 0 Å². The third-order valence-corrected chi connectivity index (χ3v) is 9.37. The fourth-order valence-corrected chi connectivity index (χ4v) is 8.61. The summed E-state index contributed by atoms with van der Waals surface area (Å²) in [4.78, 5) is 2.61. The number of amidine groups is 1. The van der Waals surface area contributed by atoms with Crippen molar-refractivity contribution in [3.63, 3.8) is 0 Å². The lowest BCUT2D eigenvalue weighted by Gasteiger charge is -2.37. The van der Waals surface area contributed by atoms with E-state index in [0.29, 0.717) is 0 Å². The van der Waals surface area contributed by atoms with E-state index < -0.39 is 0 Å². The topological polar surface area (TPSA) is 6.25 Å². The van der Waals surface area contributed by atoms with Crippen LogP contribution in [0.5, 0.6) is 0 Å². The summed E-state index contributed by atoms with van der Waals surface area (Å²) in [6, 6.07) is 0. The molecule has 0 spiro atoms. The van der Waals surface area contributed by atoms with E-state index in [4.69, 9.17) is 0 Å². The van der Waals surface area contributed by atoms with Crippen molar-refractivity contribution in [2.45, 2.75) is 75.5 Å². The zero-order chi connectivity index (χ0) is 13.9. The van der Waals surface area contributed by atoms with Gasteiger partial charge in [0, 0.05) is 7.92 Å². The highest BCUT2D eigenvalue weighted by atomic mass is 31.1. The van der Waals surface area contributed by atoms with Gasteiger partial charge in [0.15, 0.2) is 0 Å². The van der Waals surface area contributed by atoms with Gasteiger partial charge in [-0.25, -0.2) is 0 Å². The third kappa shape index (κ3) is 3.06. The second kappa shape index (κ2) is 6.77. The van der Waals surface area contributed by atoms with Crippen molar-refractivity contribution in [1.82, 2.24) is 4.90 Å². The van der Waals surface area contributed by atoms with Crippen LogP contribution in [0.1, 0.15) is 64.2 Å². The van der Waals surface area contributed by atoms with Crippen LogP contribution >= 0.6 is 7.92 Å². The van der Waals surface area contributed by atoms with E-state index in [1.54, 1.807) is 5.58 Å². The van der Waals surface area contributed by atoms with Gasteiger partial charge in [-0.05, 0) is 37.0 Å². The van der Waals surface area contributed by atoms with Gasteiger partial charge in [-0.3, -0.25) is 9.48 Å². The lowest BCUT2D eigenvalue weighted by molar-refractivity contribution is -0.484. The first kappa shape index (κ1) is 14.8. The van der Waals surface area contributed by atoms with E-state index in [1.165, 1.54) is 77.3 Å². The van der Waals surface area contributed by atoms with Gasteiger partial charge in [-0.2, -0.15) is 0 Å². The van der Waals surface area contributed by atoms with Gasteiger partial charge in [-0.15, -0.1) is 0 Å². The molecule has 2 fully saturated rings. The van der Waals surface area contributed by atoms with Gasteiger partial charge >= 0.3 is 0 Å². The maximum atomic E-state index is 2.61. The first-order valence-electron chi connectivity index (χ1n) is 8.85. The predicted molar refractivity (Wildman–Crippen MR) is 89.4 cm³/mol. The summed E-state index contributed by atoms with van der Waals surface area (Å²) < 4.78 is 2.61. The minimum atomic E-state index is 0.0917. The molecule has 3 heteroatoms. The summed E-state index contributed by atoms with van der Waals surface area (Å²) in [5, 5.41) is 0. The number of nitrogens with zero attached hydrogens (tertiary/aromatic N) is 2. The van der Waals surface area contributed by atoms with Crippen LogP contribution in [0.3, 0.4) is 0 Å². The first-order chi connectivity index (χ1) is 9.77. The molecule has 3 aliphatic rings. The van der Waals surface area contributed by atoms with Crippen LogP contribution < -0.4 is 0 Å². The molecule has 114 valence electrons. The molecule has 0 aromatic heterocycles. The number of likely N-dealkylation sites (N-methyl/N-ethyl adjacent to an activating group) is 2. The lowest BCUT2D eigenvalue weighted by Crippen LogP contribution is -2.32. The molecular formula is C17H32N2P+. The molecule has 2 nitrogen and oxygen atoms in total. The number of hydrogen-bond acceptors (Lipinski definition) is 1. The van der Waals surface area contributed by atoms with E-state index in [0.717, 1.165) is 11.3 Å². The zero-order valence-electron chi connectivity index (χ0n) is 13.5. The van der Waals surface area contributed by atoms with Crippen LogP contribution in [0.25, 0.3) is 0 Å². The Morgan fingerprint density at radius 2 is 1.40 bits per heavy atom. The largest absolute Gasteiger partial charge is 0.267 e. The van der Waals surface area contributed by atoms with Crippen molar-refractivity contribution in [3.05, 3.63) is 0 Å². The van der Waals surface area contributed by atoms with Gasteiger partial charge in [0.25, 0.3) is 5.58 Å². The number of hydrogen-bond donors (Lipinski definition) is 0. The molecule has 0 aromatic carbocycles. The summed E-state index contributed by atoms with van der Waals surface area (Å²) in [6.07, 6.45) is 15.1. The minimum Gasteiger partial charge on any atom is -0.261 e. The SMILES string of the molecule is CN1CC[N+](C)=C1P(C1CCCCC1)C1CCCCC1. The summed E-state index contributed by atoms with van der Waals surface area (Å²) in [6.45, 7) is 2.51. The van der Waals surface area contributed by atoms with E-state index in [1.807, 2.05) is 0 Å². The van der Waals surface area contributed by atoms with Crippen LogP contribution in [0.15, 0.2) is 0 Å². The fourth-order valence-electron chi connectivity index (χ4n) is 4.53. The Kier molecular flexibility index (Phi) is 5.02. The molecule has 1 aliphatic heterocycles. The number of rotatable bonds is 3. The quantitative estimate of drug-likeness (QED) is 0.562. The van der Waals surface area contributed by atoms with Crippen molar-refractivity contribution in [1.29, 1.82) is 0 Å². The smallest absolute Gasteiger partial charge is 0.261 e. The highest BCUT2D eigenvalue weighted by Gasteiger charge is 2.42. The summed E-state index contributed by atoms with van der Waals surface area (Å²) in [7, 11) is 4.79. The Morgan fingerprint density at radius 1 is 0.900 bits per heavy atom. The molecule has 0 N–H and O–H groups in total. The van der Waals surface area contributed by atoms with E-state index in [9.17, 15) is 0 Å². The Morgan fingerprint density at radius 3 is 1.80 bits per heavy atom. The van der Waals surface area contributed by atoms with Gasteiger partial charge < -0.3 is 0 Å².